The lowest BCUT2D eigenvalue weighted by Gasteiger charge is -2.31. The van der Waals surface area contributed by atoms with Gasteiger partial charge in [-0.2, -0.15) is 0 Å². The second-order valence-corrected chi connectivity index (χ2v) is 9.60. The summed E-state index contributed by atoms with van der Waals surface area (Å²) < 4.78 is 6.18. The highest BCUT2D eigenvalue weighted by atomic mass is 16.6. The van der Waals surface area contributed by atoms with Crippen LogP contribution in [0.5, 0.6) is 5.75 Å². The maximum absolute atomic E-state index is 12.2. The van der Waals surface area contributed by atoms with Gasteiger partial charge in [0.05, 0.1) is 5.92 Å². The molecule has 7 heteroatoms. The van der Waals surface area contributed by atoms with Crippen molar-refractivity contribution in [3.8, 4) is 5.75 Å². The van der Waals surface area contributed by atoms with Gasteiger partial charge in [-0.3, -0.25) is 19.8 Å². The van der Waals surface area contributed by atoms with Crippen molar-refractivity contribution in [2.75, 3.05) is 6.54 Å². The van der Waals surface area contributed by atoms with Crippen LogP contribution in [0.15, 0.2) is 18.2 Å². The van der Waals surface area contributed by atoms with Gasteiger partial charge in [-0.25, -0.2) is 0 Å². The molecular formula is C21H30N2O5. The molecule has 1 N–H and O–H groups in total. The molecule has 2 aliphatic heterocycles. The third kappa shape index (κ3) is 3.26. The van der Waals surface area contributed by atoms with Gasteiger partial charge >= 0.3 is 5.97 Å². The Kier molecular flexibility index (Phi) is 4.94. The number of nitro groups is 1. The molecule has 7 nitrogen and oxygen atoms in total. The fourth-order valence-corrected chi connectivity index (χ4v) is 5.11. The molecule has 4 atom stereocenters. The molecule has 28 heavy (non-hydrogen) atoms. The maximum Gasteiger partial charge on any atom is 0.321 e. The number of aliphatic carboxylic acids is 1. The lowest BCUT2D eigenvalue weighted by molar-refractivity contribution is -0.537. The number of benzene rings is 1. The molecule has 0 saturated carbocycles. The van der Waals surface area contributed by atoms with Crippen LogP contribution in [0.1, 0.15) is 58.7 Å². The van der Waals surface area contributed by atoms with Gasteiger partial charge in [0.15, 0.2) is 0 Å². The molecule has 0 radical (unpaired) electrons. The number of fused-ring (bicyclic) bond motifs is 1. The van der Waals surface area contributed by atoms with Gasteiger partial charge in [0.25, 0.3) is 0 Å². The van der Waals surface area contributed by atoms with Gasteiger partial charge in [0.2, 0.25) is 6.04 Å². The molecule has 2 aliphatic rings. The third-order valence-electron chi connectivity index (χ3n) is 6.05. The van der Waals surface area contributed by atoms with E-state index >= 15 is 0 Å². The highest BCUT2D eigenvalue weighted by Gasteiger charge is 2.62. The summed E-state index contributed by atoms with van der Waals surface area (Å²) in [6.45, 7) is 11.9. The highest BCUT2D eigenvalue weighted by Crippen LogP contribution is 2.52. The van der Waals surface area contributed by atoms with Crippen LogP contribution in [-0.2, 0) is 11.2 Å². The summed E-state index contributed by atoms with van der Waals surface area (Å²) in [5.41, 5.74) is 0.825. The molecule has 1 aromatic carbocycles. The Morgan fingerprint density at radius 3 is 2.54 bits per heavy atom. The van der Waals surface area contributed by atoms with E-state index in [0.717, 1.165) is 17.5 Å². The van der Waals surface area contributed by atoms with Crippen molar-refractivity contribution in [1.82, 2.24) is 4.90 Å². The molecule has 0 aromatic heterocycles. The van der Waals surface area contributed by atoms with Gasteiger partial charge in [0.1, 0.15) is 23.4 Å². The number of likely N-dealkylation sites (N-methyl/N-ethyl adjacent to an activating group) is 1. The van der Waals surface area contributed by atoms with Crippen molar-refractivity contribution in [2.24, 2.45) is 11.3 Å². The van der Waals surface area contributed by atoms with Crippen molar-refractivity contribution in [3.05, 3.63) is 39.4 Å². The Morgan fingerprint density at radius 1 is 1.39 bits per heavy atom. The largest absolute Gasteiger partial charge is 0.487 e. The SMILES string of the molecule is CCN1[C@H](C(=O)O)[C@@H](C(C)(C)C)[C@H]([N+](=O)[O-])[C@@H]1c1cccc2c1OC(C)(C)C2. The summed E-state index contributed by atoms with van der Waals surface area (Å²) in [5, 5.41) is 22.2. The number of nitrogens with zero attached hydrogens (tertiary/aromatic N) is 2. The molecule has 1 fully saturated rings. The van der Waals surface area contributed by atoms with E-state index in [2.05, 4.69) is 0 Å². The van der Waals surface area contributed by atoms with Gasteiger partial charge in [-0.1, -0.05) is 45.9 Å². The van der Waals surface area contributed by atoms with Gasteiger partial charge < -0.3 is 9.84 Å². The Hall–Kier alpha value is -2.15. The Labute approximate surface area is 165 Å². The monoisotopic (exact) mass is 390 g/mol. The first-order valence-electron chi connectivity index (χ1n) is 9.82. The second-order valence-electron chi connectivity index (χ2n) is 9.60. The first-order valence-corrected chi connectivity index (χ1v) is 9.82. The lowest BCUT2D eigenvalue weighted by atomic mass is 9.72. The van der Waals surface area contributed by atoms with Crippen molar-refractivity contribution < 1.29 is 19.6 Å². The molecule has 0 unspecified atom stereocenters. The van der Waals surface area contributed by atoms with Crippen LogP contribution < -0.4 is 4.74 Å². The Balaban J connectivity index is 2.21. The molecule has 0 bridgehead atoms. The number of para-hydroxylation sites is 1. The average molecular weight is 390 g/mol. The van der Waals surface area contributed by atoms with E-state index in [4.69, 9.17) is 4.74 Å². The van der Waals surface area contributed by atoms with E-state index in [9.17, 15) is 20.0 Å². The van der Waals surface area contributed by atoms with Crippen molar-refractivity contribution >= 4 is 5.97 Å². The summed E-state index contributed by atoms with van der Waals surface area (Å²) in [6, 6.07) is 3.14. The summed E-state index contributed by atoms with van der Waals surface area (Å²) in [7, 11) is 0. The molecule has 1 saturated heterocycles. The zero-order chi connectivity index (χ0) is 21.0. The maximum atomic E-state index is 12.2. The fraction of sp³-hybridized carbons (Fsp3) is 0.667. The molecule has 3 rings (SSSR count). The zero-order valence-corrected chi connectivity index (χ0v) is 17.4. The van der Waals surface area contributed by atoms with E-state index in [1.807, 2.05) is 59.7 Å². The van der Waals surface area contributed by atoms with Crippen molar-refractivity contribution in [3.63, 3.8) is 0 Å². The van der Waals surface area contributed by atoms with Crippen LogP contribution in [0.2, 0.25) is 0 Å². The van der Waals surface area contributed by atoms with Crippen LogP contribution in [0, 0.1) is 21.4 Å². The normalized spacial score (nSPS) is 29.4. The van der Waals surface area contributed by atoms with E-state index in [0.29, 0.717) is 12.3 Å². The standard InChI is InChI=1S/C21H30N2O5/c1-7-22-15(13-10-8-9-12-11-21(5,6)28-18(12)13)16(23(26)27)14(20(2,3)4)17(22)19(24)25/h8-10,14-17H,7,11H2,1-6H3,(H,24,25)/t14-,15-,16-,17-/m0/s1. The van der Waals surface area contributed by atoms with Gasteiger partial charge in [0, 0.05) is 16.9 Å². The average Bonchev–Trinajstić information content (AvgIpc) is 3.06. The minimum Gasteiger partial charge on any atom is -0.487 e. The van der Waals surface area contributed by atoms with Crippen LogP contribution in [0.25, 0.3) is 0 Å². The van der Waals surface area contributed by atoms with Crippen molar-refractivity contribution in [2.45, 2.75) is 71.7 Å². The number of hydrogen-bond donors (Lipinski definition) is 1. The Morgan fingerprint density at radius 2 is 2.04 bits per heavy atom. The first-order chi connectivity index (χ1) is 12.9. The molecular weight excluding hydrogens is 360 g/mol. The second kappa shape index (κ2) is 6.72. The third-order valence-corrected chi connectivity index (χ3v) is 6.05. The van der Waals surface area contributed by atoms with Crippen LogP contribution in [0.3, 0.4) is 0 Å². The quantitative estimate of drug-likeness (QED) is 0.624. The number of ether oxygens (including phenoxy) is 1. The van der Waals surface area contributed by atoms with E-state index < -0.39 is 35.4 Å². The smallest absolute Gasteiger partial charge is 0.321 e. The van der Waals surface area contributed by atoms with E-state index in [1.165, 1.54) is 0 Å². The number of rotatable bonds is 4. The number of carboxylic acid groups (broad SMARTS) is 1. The molecule has 0 spiro atoms. The fourth-order valence-electron chi connectivity index (χ4n) is 5.11. The van der Waals surface area contributed by atoms with Crippen LogP contribution >= 0.6 is 0 Å². The predicted octanol–water partition coefficient (Wildman–Crippen LogP) is 3.54. The van der Waals surface area contributed by atoms with E-state index in [1.54, 1.807) is 4.90 Å². The van der Waals surface area contributed by atoms with Gasteiger partial charge in [-0.15, -0.1) is 0 Å². The minimum atomic E-state index is -1.03. The van der Waals surface area contributed by atoms with E-state index in [-0.39, 0.29) is 10.5 Å². The molecule has 2 heterocycles. The van der Waals surface area contributed by atoms with Crippen LogP contribution in [0.4, 0.5) is 0 Å². The Bertz CT molecular complexity index is 798. The van der Waals surface area contributed by atoms with Crippen LogP contribution in [-0.4, -0.2) is 45.1 Å². The lowest BCUT2D eigenvalue weighted by Crippen LogP contribution is -2.45. The summed E-state index contributed by atoms with van der Waals surface area (Å²) in [5.74, 6) is -0.957. The molecule has 0 aliphatic carbocycles. The minimum absolute atomic E-state index is 0.286. The number of carboxylic acids is 1. The summed E-state index contributed by atoms with van der Waals surface area (Å²) in [4.78, 5) is 25.9. The van der Waals surface area contributed by atoms with Gasteiger partial charge in [-0.05, 0) is 31.4 Å². The first kappa shape index (κ1) is 20.6. The predicted molar refractivity (Wildman–Crippen MR) is 105 cm³/mol. The topological polar surface area (TPSA) is 92.9 Å². The summed E-state index contributed by atoms with van der Waals surface area (Å²) in [6.07, 6.45) is 0.725. The molecule has 0 amide bonds. The summed E-state index contributed by atoms with van der Waals surface area (Å²) >= 11 is 0. The molecule has 1 aromatic rings. The number of carbonyl (C=O) groups is 1. The zero-order valence-electron chi connectivity index (χ0n) is 17.4. The highest BCUT2D eigenvalue weighted by molar-refractivity contribution is 5.75. The molecule has 154 valence electrons. The number of hydrogen-bond acceptors (Lipinski definition) is 5. The van der Waals surface area contributed by atoms with Crippen molar-refractivity contribution in [1.29, 1.82) is 0 Å². The number of likely N-dealkylation sites (tertiary alicyclic amines) is 1.